The summed E-state index contributed by atoms with van der Waals surface area (Å²) in [6.07, 6.45) is 0. The Labute approximate surface area is 169 Å². The van der Waals surface area contributed by atoms with Crippen molar-refractivity contribution < 1.29 is 0 Å². The molecule has 0 fully saturated rings. The Morgan fingerprint density at radius 1 is 0.786 bits per heavy atom. The SMILES string of the molecule is CC(C)[Si](Cc1nc2ccccc2c2c1[nH]c1ccccc12)(C(C)C)C(C)C. The van der Waals surface area contributed by atoms with Gasteiger partial charge in [-0.25, -0.2) is 0 Å². The minimum Gasteiger partial charge on any atom is -0.353 e. The van der Waals surface area contributed by atoms with Gasteiger partial charge in [-0.15, -0.1) is 0 Å². The predicted molar refractivity (Wildman–Crippen MR) is 126 cm³/mol. The van der Waals surface area contributed by atoms with Crippen LogP contribution in [-0.4, -0.2) is 18.0 Å². The summed E-state index contributed by atoms with van der Waals surface area (Å²) < 4.78 is 0. The maximum absolute atomic E-state index is 5.23. The first-order valence-corrected chi connectivity index (χ1v) is 13.1. The van der Waals surface area contributed by atoms with E-state index in [-0.39, 0.29) is 0 Å². The summed E-state index contributed by atoms with van der Waals surface area (Å²) in [6, 6.07) is 18.4. The summed E-state index contributed by atoms with van der Waals surface area (Å²) in [7, 11) is -1.60. The molecule has 1 N–H and O–H groups in total. The van der Waals surface area contributed by atoms with Gasteiger partial charge in [0.1, 0.15) is 0 Å². The topological polar surface area (TPSA) is 28.7 Å². The minimum atomic E-state index is -1.60. The molecular formula is C25H32N2Si. The molecule has 2 aromatic carbocycles. The van der Waals surface area contributed by atoms with E-state index in [1.807, 2.05) is 0 Å². The Hall–Kier alpha value is -2.13. The summed E-state index contributed by atoms with van der Waals surface area (Å²) in [6.45, 7) is 14.6. The van der Waals surface area contributed by atoms with Crippen molar-refractivity contribution in [3.8, 4) is 0 Å². The van der Waals surface area contributed by atoms with Crippen LogP contribution in [0.1, 0.15) is 47.2 Å². The van der Waals surface area contributed by atoms with Gasteiger partial charge in [-0.2, -0.15) is 0 Å². The molecule has 2 heterocycles. The highest BCUT2D eigenvalue weighted by Gasteiger charge is 2.43. The number of hydrogen-bond donors (Lipinski definition) is 1. The molecule has 0 saturated carbocycles. The third-order valence-electron chi connectivity index (χ3n) is 7.12. The molecule has 0 aliphatic rings. The number of fused-ring (bicyclic) bond motifs is 5. The van der Waals surface area contributed by atoms with Gasteiger partial charge in [0, 0.05) is 21.7 Å². The number of benzene rings is 2. The van der Waals surface area contributed by atoms with Crippen LogP contribution < -0.4 is 0 Å². The van der Waals surface area contributed by atoms with Gasteiger partial charge in [0.15, 0.2) is 0 Å². The monoisotopic (exact) mass is 388 g/mol. The first kappa shape index (κ1) is 19.2. The average molecular weight is 389 g/mol. The molecule has 0 aliphatic carbocycles. The van der Waals surface area contributed by atoms with E-state index in [0.29, 0.717) is 0 Å². The van der Waals surface area contributed by atoms with Gasteiger partial charge >= 0.3 is 0 Å². The van der Waals surface area contributed by atoms with E-state index in [1.54, 1.807) is 0 Å². The largest absolute Gasteiger partial charge is 0.353 e. The van der Waals surface area contributed by atoms with Crippen LogP contribution in [0.5, 0.6) is 0 Å². The Morgan fingerprint density at radius 2 is 1.36 bits per heavy atom. The molecule has 0 bridgehead atoms. The van der Waals surface area contributed by atoms with Crippen LogP contribution in [-0.2, 0) is 6.04 Å². The van der Waals surface area contributed by atoms with Crippen LogP contribution in [0.2, 0.25) is 16.6 Å². The Morgan fingerprint density at radius 3 is 2.00 bits per heavy atom. The Balaban J connectivity index is 2.06. The zero-order valence-corrected chi connectivity index (χ0v) is 19.0. The Bertz CT molecular complexity index is 1120. The number of nitrogens with zero attached hydrogens (tertiary/aromatic N) is 1. The number of para-hydroxylation sites is 2. The average Bonchev–Trinajstić information content (AvgIpc) is 3.05. The number of nitrogens with one attached hydrogen (secondary N) is 1. The fourth-order valence-electron chi connectivity index (χ4n) is 5.65. The van der Waals surface area contributed by atoms with Crippen molar-refractivity contribution in [2.75, 3.05) is 0 Å². The summed E-state index contributed by atoms with van der Waals surface area (Å²) >= 11 is 0. The molecule has 2 nitrogen and oxygen atoms in total. The molecule has 0 saturated heterocycles. The van der Waals surface area contributed by atoms with Gasteiger partial charge in [0.2, 0.25) is 0 Å². The highest BCUT2D eigenvalue weighted by molar-refractivity contribution is 6.83. The van der Waals surface area contributed by atoms with E-state index in [9.17, 15) is 0 Å². The van der Waals surface area contributed by atoms with Crippen LogP contribution in [0.15, 0.2) is 48.5 Å². The zero-order chi connectivity index (χ0) is 20.1. The first-order chi connectivity index (χ1) is 13.4. The standard InChI is InChI=1S/C25H32N2Si/c1-16(2)28(17(3)4,18(5)6)15-23-25-24(19-11-7-9-13-21(19)26-23)20-12-8-10-14-22(20)27-25/h7-14,16-18,27H,15H2,1-6H3. The van der Waals surface area contributed by atoms with Crippen LogP contribution in [0.25, 0.3) is 32.7 Å². The quantitative estimate of drug-likeness (QED) is 0.350. The lowest BCUT2D eigenvalue weighted by Gasteiger charge is -2.43. The number of pyridine rings is 1. The van der Waals surface area contributed by atoms with Crippen molar-refractivity contribution >= 4 is 40.8 Å². The summed E-state index contributed by atoms with van der Waals surface area (Å²) in [4.78, 5) is 8.97. The lowest BCUT2D eigenvalue weighted by atomic mass is 10.1. The summed E-state index contributed by atoms with van der Waals surface area (Å²) in [5, 5.41) is 3.91. The molecule has 0 radical (unpaired) electrons. The van der Waals surface area contributed by atoms with Crippen LogP contribution in [0.3, 0.4) is 0 Å². The number of rotatable bonds is 5. The van der Waals surface area contributed by atoms with E-state index >= 15 is 0 Å². The van der Waals surface area contributed by atoms with Crippen molar-refractivity contribution in [2.24, 2.45) is 0 Å². The Kier molecular flexibility index (Phi) is 4.82. The first-order valence-electron chi connectivity index (χ1n) is 10.6. The second-order valence-corrected chi connectivity index (χ2v) is 15.3. The normalized spacial score (nSPS) is 13.0. The molecule has 0 unspecified atom stereocenters. The maximum Gasteiger partial charge on any atom is 0.0713 e. The molecule has 4 rings (SSSR count). The van der Waals surface area contributed by atoms with Gasteiger partial charge < -0.3 is 4.98 Å². The van der Waals surface area contributed by atoms with Gasteiger partial charge in [0.25, 0.3) is 0 Å². The van der Waals surface area contributed by atoms with E-state index < -0.39 is 8.07 Å². The second kappa shape index (κ2) is 7.04. The predicted octanol–water partition coefficient (Wildman–Crippen LogP) is 7.63. The smallest absolute Gasteiger partial charge is 0.0713 e. The van der Waals surface area contributed by atoms with E-state index in [1.165, 1.54) is 32.9 Å². The van der Waals surface area contributed by atoms with Crippen molar-refractivity contribution in [2.45, 2.75) is 64.2 Å². The molecule has 2 aromatic heterocycles. The number of aromatic amines is 1. The van der Waals surface area contributed by atoms with Crippen molar-refractivity contribution in [1.82, 2.24) is 9.97 Å². The highest BCUT2D eigenvalue weighted by atomic mass is 28.3. The molecule has 3 heteroatoms. The molecule has 146 valence electrons. The van der Waals surface area contributed by atoms with Crippen LogP contribution in [0.4, 0.5) is 0 Å². The van der Waals surface area contributed by atoms with E-state index in [4.69, 9.17) is 4.98 Å². The van der Waals surface area contributed by atoms with Crippen LogP contribution in [0, 0.1) is 0 Å². The number of aromatic nitrogens is 2. The fraction of sp³-hybridized carbons (Fsp3) is 0.400. The lowest BCUT2D eigenvalue weighted by molar-refractivity contribution is 0.794. The van der Waals surface area contributed by atoms with E-state index in [2.05, 4.69) is 95.1 Å². The molecule has 0 aliphatic heterocycles. The molecule has 0 spiro atoms. The summed E-state index contributed by atoms with van der Waals surface area (Å²) in [5.74, 6) is 0. The third kappa shape index (κ3) is 2.79. The lowest BCUT2D eigenvalue weighted by Crippen LogP contribution is -2.47. The van der Waals surface area contributed by atoms with Crippen molar-refractivity contribution in [1.29, 1.82) is 0 Å². The summed E-state index contributed by atoms with van der Waals surface area (Å²) in [5.41, 5.74) is 7.02. The maximum atomic E-state index is 5.23. The molecule has 28 heavy (non-hydrogen) atoms. The van der Waals surface area contributed by atoms with Gasteiger partial charge in [-0.3, -0.25) is 4.98 Å². The van der Waals surface area contributed by atoms with E-state index in [0.717, 1.165) is 28.2 Å². The molecular weight excluding hydrogens is 356 g/mol. The second-order valence-electron chi connectivity index (χ2n) is 9.25. The third-order valence-corrected chi connectivity index (χ3v) is 14.5. The van der Waals surface area contributed by atoms with Crippen molar-refractivity contribution in [3.63, 3.8) is 0 Å². The van der Waals surface area contributed by atoms with Gasteiger partial charge in [0.05, 0.1) is 24.8 Å². The van der Waals surface area contributed by atoms with Gasteiger partial charge in [-0.05, 0) is 18.2 Å². The number of H-pyrrole nitrogens is 1. The minimum absolute atomic E-state index is 0.722. The molecule has 0 atom stereocenters. The molecule has 4 aromatic rings. The van der Waals surface area contributed by atoms with Crippen molar-refractivity contribution in [3.05, 3.63) is 54.2 Å². The zero-order valence-electron chi connectivity index (χ0n) is 18.0. The fourth-order valence-corrected chi connectivity index (χ4v) is 11.7. The highest BCUT2D eigenvalue weighted by Crippen LogP contribution is 2.45. The molecule has 0 amide bonds. The van der Waals surface area contributed by atoms with Gasteiger partial charge in [-0.1, -0.05) is 94.6 Å². The number of hydrogen-bond acceptors (Lipinski definition) is 1. The van der Waals surface area contributed by atoms with Crippen LogP contribution >= 0.6 is 0 Å².